The van der Waals surface area contributed by atoms with Gasteiger partial charge in [-0.15, -0.1) is 0 Å². The van der Waals surface area contributed by atoms with Gasteiger partial charge in [-0.1, -0.05) is 6.92 Å². The van der Waals surface area contributed by atoms with Gasteiger partial charge in [0.05, 0.1) is 6.61 Å². The molecule has 0 aromatic carbocycles. The van der Waals surface area contributed by atoms with Crippen molar-refractivity contribution in [1.82, 2.24) is 5.48 Å². The molecule has 0 aliphatic carbocycles. The number of nitrogens with two attached hydrogens (primary N) is 1. The van der Waals surface area contributed by atoms with Gasteiger partial charge in [-0.3, -0.25) is 0 Å². The zero-order valence-corrected chi connectivity index (χ0v) is 6.43. The second-order valence-electron chi connectivity index (χ2n) is 1.53. The fraction of sp³-hybridized carbons (Fsp3) is 1.00. The first-order valence-corrected chi connectivity index (χ1v) is 3.25. The van der Waals surface area contributed by atoms with Crippen molar-refractivity contribution in [2.75, 3.05) is 19.7 Å². The van der Waals surface area contributed by atoms with E-state index in [2.05, 4.69) is 12.4 Å². The molecule has 5 heteroatoms. The Kier molecular flexibility index (Phi) is 19.9. The van der Waals surface area contributed by atoms with Crippen LogP contribution in [0, 0.1) is 5.21 Å². The van der Waals surface area contributed by atoms with Crippen molar-refractivity contribution in [2.24, 2.45) is 5.73 Å². The molecule has 0 atom stereocenters. The smallest absolute Gasteiger partial charge is 0.0679 e. The van der Waals surface area contributed by atoms with Crippen LogP contribution < -0.4 is 17.1 Å². The van der Waals surface area contributed by atoms with Crippen molar-refractivity contribution >= 4 is 0 Å². The maximum absolute atomic E-state index is 8.00. The van der Waals surface area contributed by atoms with Crippen molar-refractivity contribution in [1.29, 1.82) is 0 Å². The molecule has 0 heterocycles. The van der Waals surface area contributed by atoms with Gasteiger partial charge in [-0.05, 0) is 6.42 Å². The van der Waals surface area contributed by atoms with Gasteiger partial charge in [0.25, 0.3) is 0 Å². The third-order valence-corrected chi connectivity index (χ3v) is 0.655. The Balaban J connectivity index is 0. The Morgan fingerprint density at radius 1 is 1.60 bits per heavy atom. The molecule has 10 heavy (non-hydrogen) atoms. The number of rotatable bonds is 5. The van der Waals surface area contributed by atoms with E-state index in [9.17, 15) is 0 Å². The standard InChI is InChI=1S/C5H14N2O.H3NO/c1-2-5-8-7-4-3-6;1-2/h7H,2-6H2,1H3;1H3. The SMILES string of the molecule is CCCONCCN.[NH3+][O-]. The van der Waals surface area contributed by atoms with E-state index in [1.54, 1.807) is 0 Å². The van der Waals surface area contributed by atoms with E-state index in [-0.39, 0.29) is 0 Å². The summed E-state index contributed by atoms with van der Waals surface area (Å²) in [5.74, 6) is 2.00. The fourth-order valence-corrected chi connectivity index (χ4v) is 0.305. The molecule has 0 amide bonds. The normalized spacial score (nSPS) is 8.40. The van der Waals surface area contributed by atoms with E-state index in [1.807, 2.05) is 5.90 Å². The molecule has 64 valence electrons. The van der Waals surface area contributed by atoms with Crippen LogP contribution in [-0.4, -0.2) is 19.7 Å². The van der Waals surface area contributed by atoms with Crippen LogP contribution in [0.2, 0.25) is 0 Å². The van der Waals surface area contributed by atoms with Crippen molar-refractivity contribution in [3.63, 3.8) is 0 Å². The summed E-state index contributed by atoms with van der Waals surface area (Å²) in [5, 5.41) is 8.00. The summed E-state index contributed by atoms with van der Waals surface area (Å²) >= 11 is 0. The minimum Gasteiger partial charge on any atom is -0.637 e. The summed E-state index contributed by atoms with van der Waals surface area (Å²) in [5.41, 5.74) is 7.88. The Morgan fingerprint density at radius 2 is 2.20 bits per heavy atom. The summed E-state index contributed by atoms with van der Waals surface area (Å²) in [6.45, 7) is 4.19. The maximum Gasteiger partial charge on any atom is 0.0679 e. The Labute approximate surface area is 61.3 Å². The Bertz CT molecular complexity index is 39.9. The highest BCUT2D eigenvalue weighted by molar-refractivity contribution is 4.31. The summed E-state index contributed by atoms with van der Waals surface area (Å²) in [6, 6.07) is 0. The highest BCUT2D eigenvalue weighted by Gasteiger charge is 1.79. The molecule has 0 rings (SSSR count). The lowest BCUT2D eigenvalue weighted by molar-refractivity contribution is -0.275. The van der Waals surface area contributed by atoms with E-state index >= 15 is 0 Å². The predicted octanol–water partition coefficient (Wildman–Crippen LogP) is -1.40. The van der Waals surface area contributed by atoms with E-state index in [0.717, 1.165) is 19.6 Å². The number of quaternary nitrogens is 1. The van der Waals surface area contributed by atoms with Gasteiger partial charge in [0.2, 0.25) is 0 Å². The summed E-state index contributed by atoms with van der Waals surface area (Å²) in [4.78, 5) is 4.89. The zero-order valence-electron chi connectivity index (χ0n) is 6.43. The maximum atomic E-state index is 8.00. The monoisotopic (exact) mass is 151 g/mol. The third-order valence-electron chi connectivity index (χ3n) is 0.655. The van der Waals surface area contributed by atoms with Crippen molar-refractivity contribution in [3.05, 3.63) is 5.21 Å². The summed E-state index contributed by atoms with van der Waals surface area (Å²) in [6.07, 6.45) is 1.04. The molecule has 0 aromatic heterocycles. The second kappa shape index (κ2) is 15.9. The van der Waals surface area contributed by atoms with Gasteiger partial charge in [-0.25, -0.2) is 5.48 Å². The predicted molar refractivity (Wildman–Crippen MR) is 39.6 cm³/mol. The number of hydroxylamine groups is 1. The quantitative estimate of drug-likeness (QED) is 0.332. The molecular weight excluding hydrogens is 134 g/mol. The van der Waals surface area contributed by atoms with Gasteiger partial charge in [0.15, 0.2) is 0 Å². The molecule has 0 saturated carbocycles. The van der Waals surface area contributed by atoms with Crippen LogP contribution in [0.1, 0.15) is 13.3 Å². The van der Waals surface area contributed by atoms with Crippen LogP contribution in [0.15, 0.2) is 0 Å². The second-order valence-corrected chi connectivity index (χ2v) is 1.53. The van der Waals surface area contributed by atoms with Gasteiger partial charge in [0.1, 0.15) is 0 Å². The summed E-state index contributed by atoms with van der Waals surface area (Å²) in [7, 11) is 0. The first-order chi connectivity index (χ1) is 4.91. The van der Waals surface area contributed by atoms with E-state index < -0.39 is 0 Å². The fourth-order valence-electron chi connectivity index (χ4n) is 0.305. The minimum atomic E-state index is 0.629. The lowest BCUT2D eigenvalue weighted by Crippen LogP contribution is -2.37. The molecule has 0 saturated heterocycles. The van der Waals surface area contributed by atoms with Gasteiger partial charge in [0, 0.05) is 13.1 Å². The molecule has 6 N–H and O–H groups in total. The van der Waals surface area contributed by atoms with Gasteiger partial charge in [-0.2, -0.15) is 0 Å². The van der Waals surface area contributed by atoms with Crippen LogP contribution in [0.5, 0.6) is 0 Å². The van der Waals surface area contributed by atoms with E-state index in [1.165, 1.54) is 0 Å². The number of nitrogens with one attached hydrogen (secondary N) is 1. The average Bonchev–Trinajstić information content (AvgIpc) is 2.02. The van der Waals surface area contributed by atoms with Gasteiger partial charge >= 0.3 is 0 Å². The average molecular weight is 151 g/mol. The first kappa shape index (κ1) is 12.5. The molecule has 0 aliphatic rings. The number of hydrogen-bond acceptors (Lipinski definition) is 4. The van der Waals surface area contributed by atoms with Crippen molar-refractivity contribution < 1.29 is 10.7 Å². The van der Waals surface area contributed by atoms with Gasteiger partial charge < -0.3 is 21.7 Å². The van der Waals surface area contributed by atoms with E-state index in [4.69, 9.17) is 15.8 Å². The molecule has 5 nitrogen and oxygen atoms in total. The Hall–Kier alpha value is -0.200. The van der Waals surface area contributed by atoms with Crippen LogP contribution in [0.25, 0.3) is 0 Å². The van der Waals surface area contributed by atoms with Crippen LogP contribution in [0.3, 0.4) is 0 Å². The van der Waals surface area contributed by atoms with Crippen LogP contribution in [0.4, 0.5) is 0 Å². The molecule has 0 aromatic rings. The molecular formula is C5H17N3O2. The first-order valence-electron chi connectivity index (χ1n) is 3.25. The lowest BCUT2D eigenvalue weighted by Gasteiger charge is -2.00. The Morgan fingerprint density at radius 3 is 2.60 bits per heavy atom. The van der Waals surface area contributed by atoms with Crippen molar-refractivity contribution in [3.8, 4) is 0 Å². The molecule has 0 spiro atoms. The highest BCUT2D eigenvalue weighted by atomic mass is 16.6. The molecule has 0 aliphatic heterocycles. The largest absolute Gasteiger partial charge is 0.637 e. The zero-order chi connectivity index (χ0) is 8.24. The van der Waals surface area contributed by atoms with Crippen LogP contribution in [-0.2, 0) is 4.84 Å². The molecule has 0 unspecified atom stereocenters. The topological polar surface area (TPSA) is 98.0 Å². The summed E-state index contributed by atoms with van der Waals surface area (Å²) < 4.78 is 0. The lowest BCUT2D eigenvalue weighted by atomic mass is 10.5. The third kappa shape index (κ3) is 15.7. The molecule has 0 bridgehead atoms. The highest BCUT2D eigenvalue weighted by Crippen LogP contribution is 1.72. The van der Waals surface area contributed by atoms with E-state index in [0.29, 0.717) is 6.54 Å². The molecule has 0 radical (unpaired) electrons. The van der Waals surface area contributed by atoms with Crippen LogP contribution >= 0.6 is 0 Å². The minimum absolute atomic E-state index is 0.629. The van der Waals surface area contributed by atoms with Crippen molar-refractivity contribution in [2.45, 2.75) is 13.3 Å². The number of hydrogen-bond donors (Lipinski definition) is 3. The molecule has 0 fully saturated rings.